The van der Waals surface area contributed by atoms with Crippen molar-refractivity contribution in [3.8, 4) is 22.3 Å². The smallest absolute Gasteiger partial charge is 0.0736 e. The second-order valence-electron chi connectivity index (χ2n) is 15.6. The number of hydrogen-bond acceptors (Lipinski definition) is 4. The summed E-state index contributed by atoms with van der Waals surface area (Å²) < 4.78 is 5.22. The van der Waals surface area contributed by atoms with E-state index in [0.29, 0.717) is 0 Å². The molecule has 0 fully saturated rings. The van der Waals surface area contributed by atoms with Crippen molar-refractivity contribution in [3.63, 3.8) is 0 Å². The van der Waals surface area contributed by atoms with Crippen LogP contribution >= 0.6 is 34.4 Å². The largest absolute Gasteiger partial charge is 0.310 e. The fourth-order valence-corrected chi connectivity index (χ4v) is 13.5. The minimum absolute atomic E-state index is 0.461. The molecule has 0 saturated heterocycles. The van der Waals surface area contributed by atoms with Gasteiger partial charge in [-0.1, -0.05) is 139 Å². The third-order valence-electron chi connectivity index (χ3n) is 12.5. The molecule has 1 aliphatic carbocycles. The second kappa shape index (κ2) is 12.8. The molecule has 2 aromatic heterocycles. The highest BCUT2D eigenvalue weighted by atomic mass is 32.2. The van der Waals surface area contributed by atoms with E-state index in [9.17, 15) is 0 Å². The molecule has 11 aromatic rings. The predicted molar refractivity (Wildman–Crippen MR) is 254 cm³/mol. The van der Waals surface area contributed by atoms with E-state index < -0.39 is 5.41 Å². The highest BCUT2D eigenvalue weighted by molar-refractivity contribution is 7.99. The zero-order chi connectivity index (χ0) is 38.7. The predicted octanol–water partition coefficient (Wildman–Crippen LogP) is 16.4. The van der Waals surface area contributed by atoms with Crippen LogP contribution < -0.4 is 4.90 Å². The van der Waals surface area contributed by atoms with Crippen LogP contribution in [0, 0.1) is 0 Å². The standard InChI is InChI=1S/C55H33NS3/c1-2-13-34(14-3-1)38-18-12-24-53-54(38)43-32-36(26-29-50(43)58-53)56(35-25-28-49-42(31-35)41-17-6-10-22-48(41)57-49)37-27-30-52-47(33-37)55(46-21-9-11-23-51(46)59-52)44-19-7-4-15-39(44)40-16-5-8-20-45(40)55/h1-33H. The van der Waals surface area contributed by atoms with Gasteiger partial charge in [-0.15, -0.1) is 22.7 Å². The molecule has 1 spiro atoms. The van der Waals surface area contributed by atoms with Crippen LogP contribution in [0.5, 0.6) is 0 Å². The number of hydrogen-bond donors (Lipinski definition) is 0. The van der Waals surface area contributed by atoms with E-state index in [1.165, 1.54) is 94.6 Å². The minimum Gasteiger partial charge on any atom is -0.310 e. The fraction of sp³-hybridized carbons (Fsp3) is 0.0182. The maximum atomic E-state index is 2.51. The summed E-state index contributed by atoms with van der Waals surface area (Å²) in [4.78, 5) is 5.12. The van der Waals surface area contributed by atoms with Gasteiger partial charge in [-0.2, -0.15) is 0 Å². The number of fused-ring (bicyclic) bond motifs is 15. The van der Waals surface area contributed by atoms with E-state index in [-0.39, 0.29) is 0 Å². The fourth-order valence-electron chi connectivity index (χ4n) is 10.1. The third-order valence-corrected chi connectivity index (χ3v) is 16.0. The Hall–Kier alpha value is -6.43. The average Bonchev–Trinajstić information content (AvgIpc) is 3.96. The summed E-state index contributed by atoms with van der Waals surface area (Å²) in [7, 11) is 0. The Morgan fingerprint density at radius 3 is 1.68 bits per heavy atom. The van der Waals surface area contributed by atoms with Crippen LogP contribution in [0.3, 0.4) is 0 Å². The van der Waals surface area contributed by atoms with Gasteiger partial charge in [0.15, 0.2) is 0 Å². The van der Waals surface area contributed by atoms with E-state index in [0.717, 1.165) is 17.1 Å². The highest BCUT2D eigenvalue weighted by Gasteiger charge is 2.50. The van der Waals surface area contributed by atoms with Crippen molar-refractivity contribution in [3.05, 3.63) is 222 Å². The molecule has 0 radical (unpaired) electrons. The summed E-state index contributed by atoms with van der Waals surface area (Å²) in [5.74, 6) is 0. The van der Waals surface area contributed by atoms with E-state index in [4.69, 9.17) is 0 Å². The first-order valence-electron chi connectivity index (χ1n) is 20.1. The number of benzene rings is 9. The lowest BCUT2D eigenvalue weighted by Crippen LogP contribution is -2.32. The Labute approximate surface area is 354 Å². The summed E-state index contributed by atoms with van der Waals surface area (Å²) in [6.45, 7) is 0. The topological polar surface area (TPSA) is 3.24 Å². The first-order chi connectivity index (χ1) is 29.2. The first-order valence-corrected chi connectivity index (χ1v) is 22.5. The van der Waals surface area contributed by atoms with Crippen molar-refractivity contribution in [2.45, 2.75) is 15.2 Å². The van der Waals surface area contributed by atoms with Crippen LogP contribution in [0.4, 0.5) is 17.1 Å². The Balaban J connectivity index is 1.09. The first kappa shape index (κ1) is 33.5. The molecule has 4 heteroatoms. The molecule has 0 saturated carbocycles. The van der Waals surface area contributed by atoms with Gasteiger partial charge in [0.25, 0.3) is 0 Å². The van der Waals surface area contributed by atoms with E-state index >= 15 is 0 Å². The minimum atomic E-state index is -0.461. The maximum absolute atomic E-state index is 2.51. The van der Waals surface area contributed by atoms with Crippen molar-refractivity contribution in [2.24, 2.45) is 0 Å². The second-order valence-corrected chi connectivity index (χ2v) is 18.8. The lowest BCUT2D eigenvalue weighted by Gasteiger charge is -2.40. The van der Waals surface area contributed by atoms with E-state index in [1.54, 1.807) is 0 Å². The van der Waals surface area contributed by atoms with Gasteiger partial charge in [-0.3, -0.25) is 0 Å². The van der Waals surface area contributed by atoms with Gasteiger partial charge in [0.1, 0.15) is 0 Å². The van der Waals surface area contributed by atoms with Gasteiger partial charge >= 0.3 is 0 Å². The molecule has 9 aromatic carbocycles. The molecule has 0 bridgehead atoms. The molecule has 3 heterocycles. The number of nitrogens with zero attached hydrogens (tertiary/aromatic N) is 1. The quantitative estimate of drug-likeness (QED) is 0.174. The van der Waals surface area contributed by atoms with Crippen LogP contribution in [-0.4, -0.2) is 0 Å². The number of thiophene rings is 2. The van der Waals surface area contributed by atoms with Crippen molar-refractivity contribution in [2.75, 3.05) is 4.90 Å². The average molecular weight is 804 g/mol. The molecule has 1 nitrogen and oxygen atoms in total. The molecule has 0 N–H and O–H groups in total. The summed E-state index contributed by atoms with van der Waals surface area (Å²) in [6.07, 6.45) is 0. The summed E-state index contributed by atoms with van der Waals surface area (Å²) in [6, 6.07) is 75.1. The molecule has 0 atom stereocenters. The molecular weight excluding hydrogens is 771 g/mol. The molecule has 59 heavy (non-hydrogen) atoms. The lowest BCUT2D eigenvalue weighted by molar-refractivity contribution is 0.722. The van der Waals surface area contributed by atoms with Crippen LogP contribution in [-0.2, 0) is 5.41 Å². The summed E-state index contributed by atoms with van der Waals surface area (Å²) >= 11 is 5.65. The summed E-state index contributed by atoms with van der Waals surface area (Å²) in [5.41, 5.74) is 13.5. The zero-order valence-corrected chi connectivity index (χ0v) is 34.2. The van der Waals surface area contributed by atoms with Crippen molar-refractivity contribution < 1.29 is 0 Å². The third kappa shape index (κ3) is 4.79. The monoisotopic (exact) mass is 803 g/mol. The molecule has 2 aliphatic rings. The summed E-state index contributed by atoms with van der Waals surface area (Å²) in [5, 5.41) is 5.19. The van der Waals surface area contributed by atoms with Gasteiger partial charge in [0.05, 0.1) is 5.41 Å². The van der Waals surface area contributed by atoms with Crippen LogP contribution in [0.2, 0.25) is 0 Å². The van der Waals surface area contributed by atoms with Gasteiger partial charge in [0, 0.05) is 67.2 Å². The van der Waals surface area contributed by atoms with E-state index in [1.807, 2.05) is 34.4 Å². The molecule has 0 amide bonds. The Morgan fingerprint density at radius 2 is 0.881 bits per heavy atom. The van der Waals surface area contributed by atoms with Crippen molar-refractivity contribution >= 4 is 91.8 Å². The van der Waals surface area contributed by atoms with Gasteiger partial charge in [-0.05, 0) is 117 Å². The van der Waals surface area contributed by atoms with Gasteiger partial charge in [0.2, 0.25) is 0 Å². The Bertz CT molecular complexity index is 3460. The maximum Gasteiger partial charge on any atom is 0.0736 e. The van der Waals surface area contributed by atoms with E-state index in [2.05, 4.69) is 205 Å². The molecule has 13 rings (SSSR count). The van der Waals surface area contributed by atoms with Crippen molar-refractivity contribution in [1.29, 1.82) is 0 Å². The van der Waals surface area contributed by atoms with Crippen LogP contribution in [0.15, 0.2) is 210 Å². The SMILES string of the molecule is c1ccc(-c2cccc3sc4ccc(N(c5ccc6c(c5)C5(c7ccccc7S6)c6ccccc6-c6ccccc65)c5ccc6sc7ccccc7c6c5)cc4c23)cc1. The molecular formula is C55H33NS3. The van der Waals surface area contributed by atoms with Gasteiger partial charge in [-0.25, -0.2) is 0 Å². The molecule has 0 unspecified atom stereocenters. The normalized spacial score (nSPS) is 13.5. The van der Waals surface area contributed by atoms with Crippen LogP contribution in [0.25, 0.3) is 62.6 Å². The molecule has 276 valence electrons. The lowest BCUT2D eigenvalue weighted by atomic mass is 9.67. The highest BCUT2D eigenvalue weighted by Crippen LogP contribution is 2.62. The van der Waals surface area contributed by atoms with Crippen LogP contribution in [0.1, 0.15) is 22.3 Å². The number of anilines is 3. The van der Waals surface area contributed by atoms with Gasteiger partial charge < -0.3 is 4.90 Å². The number of rotatable bonds is 4. The zero-order valence-electron chi connectivity index (χ0n) is 31.7. The van der Waals surface area contributed by atoms with Crippen molar-refractivity contribution in [1.82, 2.24) is 0 Å². The molecule has 1 aliphatic heterocycles. The Morgan fingerprint density at radius 1 is 0.339 bits per heavy atom. The Kier molecular flexibility index (Phi) is 7.27.